The summed E-state index contributed by atoms with van der Waals surface area (Å²) < 4.78 is 30.5. The number of hydrogen-bond acceptors (Lipinski definition) is 4. The lowest BCUT2D eigenvalue weighted by Gasteiger charge is -2.44. The first-order valence-electron chi connectivity index (χ1n) is 5.21. The van der Waals surface area contributed by atoms with Crippen molar-refractivity contribution in [1.29, 1.82) is 0 Å². The summed E-state index contributed by atoms with van der Waals surface area (Å²) in [6.45, 7) is 3.16. The quantitative estimate of drug-likeness (QED) is 0.705. The van der Waals surface area contributed by atoms with E-state index in [4.69, 9.17) is 4.74 Å². The van der Waals surface area contributed by atoms with Crippen LogP contribution in [0.2, 0.25) is 0 Å². The Hall–Kier alpha value is -0.170. The summed E-state index contributed by atoms with van der Waals surface area (Å²) >= 11 is 0. The second-order valence-electron chi connectivity index (χ2n) is 4.62. The fourth-order valence-electron chi connectivity index (χ4n) is 2.08. The number of rotatable bonds is 2. The Morgan fingerprint density at radius 3 is 2.33 bits per heavy atom. The van der Waals surface area contributed by atoms with Crippen LogP contribution in [0.3, 0.4) is 0 Å². The number of hydrogen-bond donors (Lipinski definition) is 1. The van der Waals surface area contributed by atoms with Crippen molar-refractivity contribution >= 4 is 10.0 Å². The molecular formula is C9H17NO4S. The van der Waals surface area contributed by atoms with Crippen molar-refractivity contribution in [2.45, 2.75) is 30.6 Å². The first-order chi connectivity index (χ1) is 6.92. The van der Waals surface area contributed by atoms with Crippen LogP contribution in [-0.4, -0.2) is 55.0 Å². The van der Waals surface area contributed by atoms with Crippen LogP contribution < -0.4 is 0 Å². The highest BCUT2D eigenvalue weighted by Gasteiger charge is 2.46. The van der Waals surface area contributed by atoms with E-state index in [9.17, 15) is 13.5 Å². The molecule has 0 aromatic rings. The van der Waals surface area contributed by atoms with E-state index in [0.29, 0.717) is 26.1 Å². The summed E-state index contributed by atoms with van der Waals surface area (Å²) in [6.07, 6.45) is 1.14. The molecule has 0 spiro atoms. The highest BCUT2D eigenvalue weighted by Crippen LogP contribution is 2.28. The number of sulfonamides is 1. The molecule has 2 rings (SSSR count). The van der Waals surface area contributed by atoms with Gasteiger partial charge in [-0.15, -0.1) is 0 Å². The standard InChI is InChI=1S/C9H17NO4S/c1-9(11)6-10(7-9)15(12,13)8-2-4-14-5-3-8/h8,11H,2-7H2,1H3. The summed E-state index contributed by atoms with van der Waals surface area (Å²) in [5.41, 5.74) is -0.835. The Balaban J connectivity index is 2.01. The van der Waals surface area contributed by atoms with E-state index in [1.54, 1.807) is 6.92 Å². The van der Waals surface area contributed by atoms with Gasteiger partial charge in [0.05, 0.1) is 10.9 Å². The molecule has 2 aliphatic rings. The van der Waals surface area contributed by atoms with Gasteiger partial charge in [0.2, 0.25) is 10.0 Å². The molecule has 2 heterocycles. The van der Waals surface area contributed by atoms with Gasteiger partial charge in [-0.25, -0.2) is 8.42 Å². The van der Waals surface area contributed by atoms with Crippen molar-refractivity contribution in [2.75, 3.05) is 26.3 Å². The molecule has 0 atom stereocenters. The van der Waals surface area contributed by atoms with Gasteiger partial charge in [-0.05, 0) is 19.8 Å². The first-order valence-corrected chi connectivity index (χ1v) is 6.71. The SMILES string of the molecule is CC1(O)CN(S(=O)(=O)C2CCOCC2)C1. The molecule has 5 nitrogen and oxygen atoms in total. The van der Waals surface area contributed by atoms with Crippen LogP contribution >= 0.6 is 0 Å². The third-order valence-corrected chi connectivity index (χ3v) is 5.28. The maximum absolute atomic E-state index is 12.0. The van der Waals surface area contributed by atoms with Crippen molar-refractivity contribution < 1.29 is 18.3 Å². The molecule has 0 aliphatic carbocycles. The molecule has 0 amide bonds. The molecular weight excluding hydrogens is 218 g/mol. The molecule has 0 saturated carbocycles. The van der Waals surface area contributed by atoms with E-state index in [-0.39, 0.29) is 18.3 Å². The van der Waals surface area contributed by atoms with Gasteiger partial charge < -0.3 is 9.84 Å². The van der Waals surface area contributed by atoms with Gasteiger partial charge in [-0.3, -0.25) is 0 Å². The molecule has 0 radical (unpaired) electrons. The Kier molecular flexibility index (Phi) is 2.79. The molecule has 0 unspecified atom stereocenters. The van der Waals surface area contributed by atoms with E-state index in [1.807, 2.05) is 0 Å². The van der Waals surface area contributed by atoms with Gasteiger partial charge in [-0.1, -0.05) is 0 Å². The summed E-state index contributed by atoms with van der Waals surface area (Å²) in [7, 11) is -3.20. The number of ether oxygens (including phenoxy) is 1. The minimum absolute atomic E-state index is 0.229. The van der Waals surface area contributed by atoms with Crippen LogP contribution in [0.15, 0.2) is 0 Å². The monoisotopic (exact) mass is 235 g/mol. The molecule has 6 heteroatoms. The smallest absolute Gasteiger partial charge is 0.217 e. The molecule has 15 heavy (non-hydrogen) atoms. The number of aliphatic hydroxyl groups is 1. The molecule has 0 aromatic heterocycles. The maximum atomic E-state index is 12.0. The van der Waals surface area contributed by atoms with Gasteiger partial charge in [0, 0.05) is 26.3 Å². The van der Waals surface area contributed by atoms with Gasteiger partial charge in [0.1, 0.15) is 0 Å². The Bertz CT molecular complexity index is 324. The number of nitrogens with zero attached hydrogens (tertiary/aromatic N) is 1. The topological polar surface area (TPSA) is 66.8 Å². The molecule has 0 bridgehead atoms. The fourth-order valence-corrected chi connectivity index (χ4v) is 4.20. The second-order valence-corrected chi connectivity index (χ2v) is 6.83. The largest absolute Gasteiger partial charge is 0.387 e. The molecule has 2 aliphatic heterocycles. The zero-order chi connectivity index (χ0) is 11.1. The van der Waals surface area contributed by atoms with Crippen LogP contribution in [0.4, 0.5) is 0 Å². The Morgan fingerprint density at radius 1 is 1.33 bits per heavy atom. The van der Waals surface area contributed by atoms with Crippen molar-refractivity contribution in [3.8, 4) is 0 Å². The van der Waals surface area contributed by atoms with Gasteiger partial charge in [0.25, 0.3) is 0 Å². The summed E-state index contributed by atoms with van der Waals surface area (Å²) in [4.78, 5) is 0. The maximum Gasteiger partial charge on any atom is 0.217 e. The summed E-state index contributed by atoms with van der Waals surface area (Å²) in [5.74, 6) is 0. The lowest BCUT2D eigenvalue weighted by molar-refractivity contribution is -0.0436. The molecule has 0 aromatic carbocycles. The summed E-state index contributed by atoms with van der Waals surface area (Å²) in [5, 5.41) is 9.20. The lowest BCUT2D eigenvalue weighted by atomic mass is 10.0. The van der Waals surface area contributed by atoms with E-state index in [2.05, 4.69) is 0 Å². The third kappa shape index (κ3) is 2.18. The average molecular weight is 235 g/mol. The normalized spacial score (nSPS) is 28.7. The summed E-state index contributed by atoms with van der Waals surface area (Å²) in [6, 6.07) is 0. The third-order valence-electron chi connectivity index (χ3n) is 2.98. The fraction of sp³-hybridized carbons (Fsp3) is 1.00. The lowest BCUT2D eigenvalue weighted by Crippen LogP contribution is -2.63. The van der Waals surface area contributed by atoms with Crippen LogP contribution in [0.5, 0.6) is 0 Å². The Morgan fingerprint density at radius 2 is 1.87 bits per heavy atom. The Labute approximate surface area is 90.1 Å². The van der Waals surface area contributed by atoms with Gasteiger partial charge in [0.15, 0.2) is 0 Å². The highest BCUT2D eigenvalue weighted by molar-refractivity contribution is 7.89. The first kappa shape index (κ1) is 11.3. The minimum Gasteiger partial charge on any atom is -0.387 e. The van der Waals surface area contributed by atoms with Crippen molar-refractivity contribution in [2.24, 2.45) is 0 Å². The van der Waals surface area contributed by atoms with Crippen molar-refractivity contribution in [3.05, 3.63) is 0 Å². The average Bonchev–Trinajstić information content (AvgIpc) is 2.15. The van der Waals surface area contributed by atoms with Crippen molar-refractivity contribution in [3.63, 3.8) is 0 Å². The van der Waals surface area contributed by atoms with Gasteiger partial charge in [-0.2, -0.15) is 4.31 Å². The number of β-amino-alcohol motifs (C(OH)–C–C–N with tert-alkyl or cyclic N) is 1. The van der Waals surface area contributed by atoms with Crippen LogP contribution in [0.25, 0.3) is 0 Å². The predicted octanol–water partition coefficient (Wildman–Crippen LogP) is -0.438. The van der Waals surface area contributed by atoms with E-state index < -0.39 is 15.6 Å². The van der Waals surface area contributed by atoms with Gasteiger partial charge >= 0.3 is 0 Å². The highest BCUT2D eigenvalue weighted by atomic mass is 32.2. The van der Waals surface area contributed by atoms with Crippen LogP contribution in [-0.2, 0) is 14.8 Å². The minimum atomic E-state index is -3.20. The zero-order valence-corrected chi connectivity index (χ0v) is 9.66. The van der Waals surface area contributed by atoms with Crippen LogP contribution in [0, 0.1) is 0 Å². The molecule has 1 N–H and O–H groups in total. The molecule has 2 fully saturated rings. The van der Waals surface area contributed by atoms with Crippen LogP contribution in [0.1, 0.15) is 19.8 Å². The molecule has 88 valence electrons. The van der Waals surface area contributed by atoms with E-state index >= 15 is 0 Å². The van der Waals surface area contributed by atoms with Crippen molar-refractivity contribution in [1.82, 2.24) is 4.31 Å². The van der Waals surface area contributed by atoms with E-state index in [0.717, 1.165) is 0 Å². The predicted molar refractivity (Wildman–Crippen MR) is 55.0 cm³/mol. The molecule has 2 saturated heterocycles. The zero-order valence-electron chi connectivity index (χ0n) is 8.85. The van der Waals surface area contributed by atoms with E-state index in [1.165, 1.54) is 4.31 Å². The second kappa shape index (κ2) is 3.69.